The van der Waals surface area contributed by atoms with Gasteiger partial charge in [-0.05, 0) is 19.9 Å². The van der Waals surface area contributed by atoms with Gasteiger partial charge in [0.15, 0.2) is 11.5 Å². The van der Waals surface area contributed by atoms with Gasteiger partial charge >= 0.3 is 0 Å². The van der Waals surface area contributed by atoms with Crippen LogP contribution in [-0.4, -0.2) is 23.3 Å². The topological polar surface area (TPSA) is 93.8 Å². The second kappa shape index (κ2) is 4.38. The molecule has 0 saturated heterocycles. The number of carbonyl (C=O) groups excluding carboxylic acids is 1. The molecule has 0 unspecified atom stereocenters. The number of hydrogen-bond donors (Lipinski definition) is 3. The van der Waals surface area contributed by atoms with Crippen LogP contribution < -0.4 is 20.5 Å². The van der Waals surface area contributed by atoms with Crippen molar-refractivity contribution in [3.63, 3.8) is 0 Å². The number of phenolic OH excluding ortho intramolecular Hbond substituents is 1. The van der Waals surface area contributed by atoms with E-state index in [-0.39, 0.29) is 12.5 Å². The van der Waals surface area contributed by atoms with Crippen LogP contribution >= 0.6 is 0 Å². The largest absolute Gasteiger partial charge is 0.507 e. The predicted octanol–water partition coefficient (Wildman–Crippen LogP) is 0.474. The first-order valence-electron chi connectivity index (χ1n) is 5.56. The van der Waals surface area contributed by atoms with E-state index < -0.39 is 11.4 Å². The molecule has 6 heteroatoms. The number of hydrogen-bond acceptors (Lipinski definition) is 5. The number of carbonyl (C=O) groups is 1. The molecule has 6 nitrogen and oxygen atoms in total. The van der Waals surface area contributed by atoms with E-state index in [1.807, 2.05) is 0 Å². The lowest BCUT2D eigenvalue weighted by Gasteiger charge is -2.22. The van der Waals surface area contributed by atoms with Gasteiger partial charge < -0.3 is 20.3 Å². The zero-order chi connectivity index (χ0) is 13.3. The van der Waals surface area contributed by atoms with E-state index in [0.29, 0.717) is 23.6 Å². The first-order chi connectivity index (χ1) is 8.40. The summed E-state index contributed by atoms with van der Waals surface area (Å²) in [5, 5.41) is 12.8. The van der Waals surface area contributed by atoms with E-state index in [1.54, 1.807) is 19.9 Å². The highest BCUT2D eigenvalue weighted by Crippen LogP contribution is 2.37. The Kier molecular flexibility index (Phi) is 3.04. The Bertz CT molecular complexity index is 485. The van der Waals surface area contributed by atoms with Gasteiger partial charge in [0.05, 0.1) is 5.54 Å². The van der Waals surface area contributed by atoms with E-state index in [0.717, 1.165) is 0 Å². The molecule has 0 aliphatic carbocycles. The number of fused-ring (bicyclic) bond motifs is 1. The molecule has 0 fully saturated rings. The van der Waals surface area contributed by atoms with Gasteiger partial charge in [-0.2, -0.15) is 0 Å². The third-order valence-electron chi connectivity index (χ3n) is 2.91. The lowest BCUT2D eigenvalue weighted by Crippen LogP contribution is -2.50. The monoisotopic (exact) mass is 252 g/mol. The van der Waals surface area contributed by atoms with Gasteiger partial charge in [0.25, 0.3) is 0 Å². The minimum Gasteiger partial charge on any atom is -0.507 e. The molecule has 1 heterocycles. The van der Waals surface area contributed by atoms with Crippen LogP contribution in [0.2, 0.25) is 0 Å². The van der Waals surface area contributed by atoms with E-state index in [9.17, 15) is 9.90 Å². The number of nitrogens with two attached hydrogens (primary N) is 1. The van der Waals surface area contributed by atoms with Crippen LogP contribution in [0.1, 0.15) is 19.4 Å². The summed E-state index contributed by atoms with van der Waals surface area (Å²) < 4.78 is 10.4. The van der Waals surface area contributed by atoms with Crippen LogP contribution in [0.4, 0.5) is 0 Å². The third kappa shape index (κ3) is 2.33. The van der Waals surface area contributed by atoms with Crippen molar-refractivity contribution in [2.45, 2.75) is 25.9 Å². The molecule has 1 amide bonds. The van der Waals surface area contributed by atoms with Crippen molar-refractivity contribution in [3.8, 4) is 17.2 Å². The first-order valence-corrected chi connectivity index (χ1v) is 5.56. The second-order valence-electron chi connectivity index (χ2n) is 4.68. The minimum absolute atomic E-state index is 0.0898. The van der Waals surface area contributed by atoms with Crippen molar-refractivity contribution in [2.75, 3.05) is 6.79 Å². The predicted molar refractivity (Wildman–Crippen MR) is 64.3 cm³/mol. The molecule has 0 atom stereocenters. The number of rotatable bonds is 4. The molecular weight excluding hydrogens is 236 g/mol. The highest BCUT2D eigenvalue weighted by molar-refractivity contribution is 5.83. The average Bonchev–Trinajstić information content (AvgIpc) is 2.72. The molecule has 2 rings (SSSR count). The Morgan fingerprint density at radius 3 is 2.67 bits per heavy atom. The summed E-state index contributed by atoms with van der Waals surface area (Å²) >= 11 is 0. The Morgan fingerprint density at radius 2 is 2.06 bits per heavy atom. The number of primary amides is 1. The van der Waals surface area contributed by atoms with Gasteiger partial charge in [0.2, 0.25) is 12.7 Å². The Labute approximate surface area is 105 Å². The van der Waals surface area contributed by atoms with Crippen LogP contribution in [-0.2, 0) is 11.3 Å². The summed E-state index contributed by atoms with van der Waals surface area (Å²) in [5.74, 6) is 0.738. The van der Waals surface area contributed by atoms with Crippen molar-refractivity contribution in [3.05, 3.63) is 17.7 Å². The first kappa shape index (κ1) is 12.5. The highest BCUT2D eigenvalue weighted by atomic mass is 16.7. The molecule has 1 aromatic rings. The van der Waals surface area contributed by atoms with Crippen molar-refractivity contribution in [1.82, 2.24) is 5.32 Å². The second-order valence-corrected chi connectivity index (χ2v) is 4.68. The fourth-order valence-corrected chi connectivity index (χ4v) is 1.52. The van der Waals surface area contributed by atoms with Crippen LogP contribution in [0, 0.1) is 0 Å². The molecule has 0 radical (unpaired) electrons. The van der Waals surface area contributed by atoms with Gasteiger partial charge in [-0.1, -0.05) is 0 Å². The molecule has 1 aliphatic rings. The molecule has 0 saturated carbocycles. The smallest absolute Gasteiger partial charge is 0.237 e. The molecule has 1 aliphatic heterocycles. The van der Waals surface area contributed by atoms with E-state index in [1.165, 1.54) is 6.07 Å². The molecule has 1 aromatic carbocycles. The van der Waals surface area contributed by atoms with Gasteiger partial charge in [-0.25, -0.2) is 0 Å². The van der Waals surface area contributed by atoms with Gasteiger partial charge in [-0.3, -0.25) is 10.1 Å². The maximum atomic E-state index is 11.2. The lowest BCUT2D eigenvalue weighted by molar-refractivity contribution is -0.123. The molecular formula is C12H16N2O4. The van der Waals surface area contributed by atoms with Crippen LogP contribution in [0.3, 0.4) is 0 Å². The fraction of sp³-hybridized carbons (Fsp3) is 0.417. The van der Waals surface area contributed by atoms with Gasteiger partial charge in [-0.15, -0.1) is 0 Å². The maximum Gasteiger partial charge on any atom is 0.237 e. The van der Waals surface area contributed by atoms with E-state index in [4.69, 9.17) is 15.2 Å². The van der Waals surface area contributed by atoms with Crippen molar-refractivity contribution >= 4 is 5.91 Å². The summed E-state index contributed by atoms with van der Waals surface area (Å²) in [5.41, 5.74) is 5.03. The summed E-state index contributed by atoms with van der Waals surface area (Å²) in [4.78, 5) is 11.2. The highest BCUT2D eigenvalue weighted by Gasteiger charge is 2.25. The fourth-order valence-electron chi connectivity index (χ4n) is 1.52. The summed E-state index contributed by atoms with van der Waals surface area (Å²) in [7, 11) is 0. The normalized spacial score (nSPS) is 13.7. The van der Waals surface area contributed by atoms with Crippen molar-refractivity contribution in [2.24, 2.45) is 5.73 Å². The number of phenols is 1. The molecule has 18 heavy (non-hydrogen) atoms. The summed E-state index contributed by atoms with van der Waals surface area (Å²) in [6, 6.07) is 3.18. The minimum atomic E-state index is -0.844. The Hall–Kier alpha value is -1.95. The van der Waals surface area contributed by atoms with E-state index >= 15 is 0 Å². The number of amides is 1. The quantitative estimate of drug-likeness (QED) is 0.724. The molecule has 0 spiro atoms. The zero-order valence-electron chi connectivity index (χ0n) is 10.3. The Balaban J connectivity index is 2.13. The Morgan fingerprint density at radius 1 is 1.44 bits per heavy atom. The standard InChI is InChI=1S/C12H16N2O4/c1-12(2,11(13)16)14-5-7-3-9-10(4-8(7)15)18-6-17-9/h3-4,14-15H,5-6H2,1-2H3,(H2,13,16). The molecule has 0 bridgehead atoms. The van der Waals surface area contributed by atoms with Crippen LogP contribution in [0.25, 0.3) is 0 Å². The van der Waals surface area contributed by atoms with Crippen molar-refractivity contribution in [1.29, 1.82) is 0 Å². The molecule has 98 valence electrons. The third-order valence-corrected chi connectivity index (χ3v) is 2.91. The number of aromatic hydroxyl groups is 1. The van der Waals surface area contributed by atoms with Crippen molar-refractivity contribution < 1.29 is 19.4 Å². The molecule has 0 aromatic heterocycles. The van der Waals surface area contributed by atoms with Gasteiger partial charge in [0.1, 0.15) is 5.75 Å². The SMILES string of the molecule is CC(C)(NCc1cc2c(cc1O)OCO2)C(N)=O. The maximum absolute atomic E-state index is 11.2. The van der Waals surface area contributed by atoms with Crippen LogP contribution in [0.15, 0.2) is 12.1 Å². The molecule has 4 N–H and O–H groups in total. The average molecular weight is 252 g/mol. The lowest BCUT2D eigenvalue weighted by atomic mass is 10.0. The van der Waals surface area contributed by atoms with E-state index in [2.05, 4.69) is 5.32 Å². The summed E-state index contributed by atoms with van der Waals surface area (Å²) in [6.45, 7) is 3.82. The summed E-state index contributed by atoms with van der Waals surface area (Å²) in [6.07, 6.45) is 0. The number of nitrogens with one attached hydrogen (secondary N) is 1. The zero-order valence-corrected chi connectivity index (χ0v) is 10.3. The number of benzene rings is 1. The van der Waals surface area contributed by atoms with Crippen LogP contribution in [0.5, 0.6) is 17.2 Å². The number of ether oxygens (including phenoxy) is 2. The van der Waals surface area contributed by atoms with Gasteiger partial charge in [0, 0.05) is 18.2 Å².